The lowest BCUT2D eigenvalue weighted by atomic mass is 9.88. The molecule has 1 aliphatic rings. The fraction of sp³-hybridized carbons (Fsp3) is 0.286. The first-order valence-electron chi connectivity index (χ1n) is 12.1. The number of hydrogen-bond acceptors (Lipinski definition) is 2. The molecular weight excluding hydrogens is 521 g/mol. The molecular formula is C28H26ClF3N2O2S. The van der Waals surface area contributed by atoms with E-state index in [0.717, 1.165) is 40.4 Å². The normalized spacial score (nSPS) is 15.9. The summed E-state index contributed by atoms with van der Waals surface area (Å²) < 4.78 is 69.3. The molecule has 0 saturated carbocycles. The summed E-state index contributed by atoms with van der Waals surface area (Å²) in [7, 11) is -4.02. The van der Waals surface area contributed by atoms with Gasteiger partial charge in [0, 0.05) is 41.3 Å². The second-order valence-corrected chi connectivity index (χ2v) is 11.8. The first kappa shape index (κ1) is 25.8. The fourth-order valence-corrected chi connectivity index (χ4v) is 6.96. The molecule has 0 spiro atoms. The van der Waals surface area contributed by atoms with Crippen LogP contribution in [0.5, 0.6) is 0 Å². The molecule has 4 nitrogen and oxygen atoms in total. The molecule has 3 aromatic carbocycles. The van der Waals surface area contributed by atoms with E-state index in [1.165, 1.54) is 15.9 Å². The van der Waals surface area contributed by atoms with Crippen molar-refractivity contribution in [2.75, 3.05) is 13.1 Å². The summed E-state index contributed by atoms with van der Waals surface area (Å²) in [5.41, 5.74) is 3.62. The summed E-state index contributed by atoms with van der Waals surface area (Å²) in [6.45, 7) is 3.28. The summed E-state index contributed by atoms with van der Waals surface area (Å²) in [5.74, 6) is 0.143. The molecule has 1 aromatic heterocycles. The van der Waals surface area contributed by atoms with Gasteiger partial charge in [0.2, 0.25) is 10.0 Å². The molecule has 0 amide bonds. The van der Waals surface area contributed by atoms with E-state index >= 15 is 0 Å². The Labute approximate surface area is 219 Å². The van der Waals surface area contributed by atoms with Gasteiger partial charge in [-0.1, -0.05) is 48.0 Å². The van der Waals surface area contributed by atoms with Gasteiger partial charge in [0.1, 0.15) is 0 Å². The number of aromatic nitrogens is 1. The van der Waals surface area contributed by atoms with E-state index in [1.807, 2.05) is 36.4 Å². The van der Waals surface area contributed by atoms with Gasteiger partial charge in [0.05, 0.1) is 10.5 Å². The van der Waals surface area contributed by atoms with E-state index in [0.29, 0.717) is 24.4 Å². The number of para-hydroxylation sites is 1. The van der Waals surface area contributed by atoms with Crippen molar-refractivity contribution in [2.45, 2.75) is 43.3 Å². The Bertz CT molecular complexity index is 1540. The monoisotopic (exact) mass is 546 g/mol. The van der Waals surface area contributed by atoms with E-state index < -0.39 is 21.8 Å². The molecule has 1 fully saturated rings. The van der Waals surface area contributed by atoms with Gasteiger partial charge in [-0.2, -0.15) is 17.5 Å². The van der Waals surface area contributed by atoms with Crippen LogP contribution in [-0.4, -0.2) is 30.4 Å². The highest BCUT2D eigenvalue weighted by atomic mass is 35.5. The van der Waals surface area contributed by atoms with Gasteiger partial charge in [0.25, 0.3) is 0 Å². The Morgan fingerprint density at radius 2 is 1.62 bits per heavy atom. The predicted molar refractivity (Wildman–Crippen MR) is 139 cm³/mol. The average Bonchev–Trinajstić information content (AvgIpc) is 3.16. The van der Waals surface area contributed by atoms with Crippen LogP contribution in [0.1, 0.15) is 41.1 Å². The van der Waals surface area contributed by atoms with Gasteiger partial charge >= 0.3 is 6.18 Å². The molecule has 194 valence electrons. The molecule has 4 aromatic rings. The minimum absolute atomic E-state index is 0.143. The number of piperidine rings is 1. The van der Waals surface area contributed by atoms with Crippen LogP contribution < -0.4 is 0 Å². The quantitative estimate of drug-likeness (QED) is 0.265. The van der Waals surface area contributed by atoms with Crippen LogP contribution in [0.15, 0.2) is 77.7 Å². The maximum atomic E-state index is 13.2. The second-order valence-electron chi connectivity index (χ2n) is 9.43. The molecule has 0 atom stereocenters. The number of nitrogens with zero attached hydrogens (tertiary/aromatic N) is 2. The van der Waals surface area contributed by atoms with E-state index in [2.05, 4.69) is 23.6 Å². The highest BCUT2D eigenvalue weighted by Gasteiger charge is 2.35. The predicted octanol–water partition coefficient (Wildman–Crippen LogP) is 7.24. The van der Waals surface area contributed by atoms with Crippen molar-refractivity contribution in [1.29, 1.82) is 0 Å². The lowest BCUT2D eigenvalue weighted by Gasteiger charge is -2.32. The summed E-state index contributed by atoms with van der Waals surface area (Å²) in [4.78, 5) is -0.323. The third-order valence-corrected chi connectivity index (χ3v) is 9.34. The number of hydrogen-bond donors (Lipinski definition) is 0. The van der Waals surface area contributed by atoms with Crippen LogP contribution in [0.25, 0.3) is 10.9 Å². The highest BCUT2D eigenvalue weighted by Crippen LogP contribution is 2.39. The third-order valence-electron chi connectivity index (χ3n) is 7.19. The van der Waals surface area contributed by atoms with Gasteiger partial charge in [-0.25, -0.2) is 8.42 Å². The van der Waals surface area contributed by atoms with Crippen molar-refractivity contribution in [3.8, 4) is 0 Å². The minimum Gasteiger partial charge on any atom is -0.340 e. The number of rotatable bonds is 5. The Balaban J connectivity index is 1.40. The van der Waals surface area contributed by atoms with E-state index in [4.69, 9.17) is 11.6 Å². The fourth-order valence-electron chi connectivity index (χ4n) is 5.32. The minimum atomic E-state index is -4.60. The zero-order valence-corrected chi connectivity index (χ0v) is 21.7. The van der Waals surface area contributed by atoms with Crippen molar-refractivity contribution in [2.24, 2.45) is 0 Å². The number of sulfonamides is 1. The van der Waals surface area contributed by atoms with Crippen molar-refractivity contribution in [1.82, 2.24) is 8.87 Å². The van der Waals surface area contributed by atoms with Crippen molar-refractivity contribution >= 4 is 32.5 Å². The van der Waals surface area contributed by atoms with Crippen LogP contribution in [0.4, 0.5) is 13.2 Å². The lowest BCUT2D eigenvalue weighted by Crippen LogP contribution is -2.38. The van der Waals surface area contributed by atoms with Gasteiger partial charge < -0.3 is 4.57 Å². The van der Waals surface area contributed by atoms with Crippen molar-refractivity contribution < 1.29 is 21.6 Å². The number of benzene rings is 3. The summed E-state index contributed by atoms with van der Waals surface area (Å²) >= 11 is 6.05. The van der Waals surface area contributed by atoms with Crippen LogP contribution in [0.2, 0.25) is 5.02 Å². The molecule has 0 N–H and O–H groups in total. The van der Waals surface area contributed by atoms with Crippen LogP contribution in [-0.2, 0) is 22.7 Å². The smallest absolute Gasteiger partial charge is 0.340 e. The Hall–Kier alpha value is -2.81. The average molecular weight is 547 g/mol. The van der Waals surface area contributed by atoms with Gasteiger partial charge in [0.15, 0.2) is 0 Å². The van der Waals surface area contributed by atoms with E-state index in [1.54, 1.807) is 0 Å². The lowest BCUT2D eigenvalue weighted by molar-refractivity contribution is -0.137. The van der Waals surface area contributed by atoms with Gasteiger partial charge in [-0.05, 0) is 73.2 Å². The number of alkyl halides is 3. The van der Waals surface area contributed by atoms with Crippen LogP contribution in [0.3, 0.4) is 0 Å². The van der Waals surface area contributed by atoms with E-state index in [-0.39, 0.29) is 23.9 Å². The van der Waals surface area contributed by atoms with E-state index in [9.17, 15) is 21.6 Å². The van der Waals surface area contributed by atoms with Gasteiger partial charge in [-0.15, -0.1) is 0 Å². The topological polar surface area (TPSA) is 42.3 Å². The van der Waals surface area contributed by atoms with Crippen LogP contribution in [0, 0.1) is 6.92 Å². The van der Waals surface area contributed by atoms with Crippen molar-refractivity contribution in [3.05, 3.63) is 100 Å². The van der Waals surface area contributed by atoms with Crippen LogP contribution >= 0.6 is 11.6 Å². The molecule has 1 aliphatic heterocycles. The Morgan fingerprint density at radius 1 is 0.946 bits per heavy atom. The zero-order valence-electron chi connectivity index (χ0n) is 20.2. The molecule has 0 radical (unpaired) electrons. The molecule has 9 heteroatoms. The standard InChI is InChI=1S/C28H26ClF3N2O2S/c1-19-27(25-7-2-3-8-26(25)34(19)18-20-9-11-23(29)12-10-20)21-13-15-33(16-14-21)37(35,36)24-6-4-5-22(17-24)28(30,31)32/h2-12,17,21H,13-16,18H2,1H3. The summed E-state index contributed by atoms with van der Waals surface area (Å²) in [5, 5.41) is 1.83. The Kier molecular flexibility index (Phi) is 6.85. The maximum Gasteiger partial charge on any atom is 0.416 e. The maximum absolute atomic E-state index is 13.2. The summed E-state index contributed by atoms with van der Waals surface area (Å²) in [6.07, 6.45) is -3.42. The SMILES string of the molecule is Cc1c(C2CCN(S(=O)(=O)c3cccc(C(F)(F)F)c3)CC2)c2ccccc2n1Cc1ccc(Cl)cc1. The third kappa shape index (κ3) is 5.02. The largest absolute Gasteiger partial charge is 0.416 e. The molecule has 2 heterocycles. The zero-order chi connectivity index (χ0) is 26.4. The second kappa shape index (κ2) is 9.82. The molecule has 5 rings (SSSR count). The van der Waals surface area contributed by atoms with Crippen molar-refractivity contribution in [3.63, 3.8) is 0 Å². The molecule has 0 bridgehead atoms. The summed E-state index contributed by atoms with van der Waals surface area (Å²) in [6, 6.07) is 19.9. The number of halogens is 4. The first-order chi connectivity index (χ1) is 17.6. The molecule has 0 unspecified atom stereocenters. The molecule has 0 aliphatic carbocycles. The highest BCUT2D eigenvalue weighted by molar-refractivity contribution is 7.89. The Morgan fingerprint density at radius 3 is 2.30 bits per heavy atom. The molecule has 1 saturated heterocycles. The first-order valence-corrected chi connectivity index (χ1v) is 13.9. The molecule has 37 heavy (non-hydrogen) atoms. The van der Waals surface area contributed by atoms with Gasteiger partial charge in [-0.3, -0.25) is 0 Å². The number of fused-ring (bicyclic) bond motifs is 1.